The van der Waals surface area contributed by atoms with Gasteiger partial charge in [0, 0.05) is 7.05 Å². The van der Waals surface area contributed by atoms with Crippen LogP contribution >= 0.6 is 0 Å². The normalized spacial score (nSPS) is 19.9. The quantitative estimate of drug-likeness (QED) is 0.440. The van der Waals surface area contributed by atoms with Crippen molar-refractivity contribution in [3.63, 3.8) is 0 Å². The van der Waals surface area contributed by atoms with Crippen LogP contribution in [0.1, 0.15) is 0 Å². The lowest BCUT2D eigenvalue weighted by Gasteiger charge is -2.25. The standard InChI is InChI=1S/C5H11N3O/c1-8-2-3-9-5(7)4(8)6/h2-3,6-7H2,1H3. The van der Waals surface area contributed by atoms with Crippen molar-refractivity contribution >= 4 is 0 Å². The first-order chi connectivity index (χ1) is 4.22. The molecule has 0 saturated carbocycles. The summed E-state index contributed by atoms with van der Waals surface area (Å²) < 4.78 is 4.95. The Balaban J connectivity index is 2.72. The maximum atomic E-state index is 5.48. The van der Waals surface area contributed by atoms with Crippen LogP contribution in [0.3, 0.4) is 0 Å². The second-order valence-corrected chi connectivity index (χ2v) is 2.02. The van der Waals surface area contributed by atoms with Crippen LogP contribution in [0.4, 0.5) is 0 Å². The lowest BCUT2D eigenvalue weighted by molar-refractivity contribution is 0.138. The van der Waals surface area contributed by atoms with Gasteiger partial charge in [0.1, 0.15) is 6.61 Å². The highest BCUT2D eigenvalue weighted by Gasteiger charge is 2.11. The zero-order valence-corrected chi connectivity index (χ0v) is 5.42. The Morgan fingerprint density at radius 3 is 2.67 bits per heavy atom. The van der Waals surface area contributed by atoms with E-state index in [1.165, 1.54) is 0 Å². The van der Waals surface area contributed by atoms with Gasteiger partial charge in [-0.3, -0.25) is 0 Å². The Morgan fingerprint density at radius 1 is 1.56 bits per heavy atom. The molecule has 9 heavy (non-hydrogen) atoms. The summed E-state index contributed by atoms with van der Waals surface area (Å²) in [4.78, 5) is 1.86. The molecular formula is C5H11N3O. The Bertz CT molecular complexity index is 143. The number of rotatable bonds is 0. The zero-order chi connectivity index (χ0) is 6.85. The molecule has 52 valence electrons. The maximum Gasteiger partial charge on any atom is 0.225 e. The molecule has 1 aliphatic rings. The van der Waals surface area contributed by atoms with E-state index in [9.17, 15) is 0 Å². The average molecular weight is 129 g/mol. The van der Waals surface area contributed by atoms with Crippen LogP contribution in [-0.2, 0) is 4.74 Å². The molecule has 4 heteroatoms. The number of nitrogens with two attached hydrogens (primary N) is 2. The summed E-state index contributed by atoms with van der Waals surface area (Å²) in [5.41, 5.74) is 10.8. The fraction of sp³-hybridized carbons (Fsp3) is 0.600. The molecule has 0 aliphatic carbocycles. The van der Waals surface area contributed by atoms with E-state index in [2.05, 4.69) is 0 Å². The third kappa shape index (κ3) is 1.01. The molecule has 0 amide bonds. The summed E-state index contributed by atoms with van der Waals surface area (Å²) in [6, 6.07) is 0. The Labute approximate surface area is 54.1 Å². The number of likely N-dealkylation sites (N-methyl/N-ethyl adjacent to an activating group) is 1. The van der Waals surface area contributed by atoms with Gasteiger partial charge in [-0.15, -0.1) is 0 Å². The van der Waals surface area contributed by atoms with Gasteiger partial charge >= 0.3 is 0 Å². The number of nitrogens with zero attached hydrogens (tertiary/aromatic N) is 1. The molecule has 0 fully saturated rings. The third-order valence-electron chi connectivity index (χ3n) is 1.35. The van der Waals surface area contributed by atoms with Crippen molar-refractivity contribution in [3.8, 4) is 0 Å². The molecule has 0 saturated heterocycles. The number of hydrogen-bond acceptors (Lipinski definition) is 4. The molecule has 1 heterocycles. The van der Waals surface area contributed by atoms with Gasteiger partial charge in [-0.25, -0.2) is 0 Å². The molecule has 0 spiro atoms. The van der Waals surface area contributed by atoms with E-state index in [1.807, 2.05) is 11.9 Å². The first kappa shape index (κ1) is 6.07. The van der Waals surface area contributed by atoms with E-state index in [-0.39, 0.29) is 0 Å². The smallest absolute Gasteiger partial charge is 0.225 e. The Morgan fingerprint density at radius 2 is 2.22 bits per heavy atom. The molecular weight excluding hydrogens is 118 g/mol. The van der Waals surface area contributed by atoms with Crippen LogP contribution in [-0.4, -0.2) is 25.1 Å². The molecule has 1 aliphatic heterocycles. The van der Waals surface area contributed by atoms with Gasteiger partial charge < -0.3 is 21.1 Å². The summed E-state index contributed by atoms with van der Waals surface area (Å²) in [7, 11) is 1.88. The zero-order valence-electron chi connectivity index (χ0n) is 5.42. The summed E-state index contributed by atoms with van der Waals surface area (Å²) in [6.45, 7) is 1.44. The molecule has 0 aromatic rings. The van der Waals surface area contributed by atoms with E-state index in [4.69, 9.17) is 16.2 Å². The lowest BCUT2D eigenvalue weighted by Crippen LogP contribution is -2.35. The van der Waals surface area contributed by atoms with E-state index in [0.29, 0.717) is 18.3 Å². The van der Waals surface area contributed by atoms with Gasteiger partial charge in [0.2, 0.25) is 5.88 Å². The summed E-state index contributed by atoms with van der Waals surface area (Å²) in [6.07, 6.45) is 0. The van der Waals surface area contributed by atoms with Crippen LogP contribution in [0.25, 0.3) is 0 Å². The van der Waals surface area contributed by atoms with Crippen molar-refractivity contribution in [2.75, 3.05) is 20.2 Å². The van der Waals surface area contributed by atoms with Crippen molar-refractivity contribution in [3.05, 3.63) is 11.7 Å². The minimum atomic E-state index is 0.337. The first-order valence-electron chi connectivity index (χ1n) is 2.81. The minimum Gasteiger partial charge on any atom is -0.475 e. The first-order valence-corrected chi connectivity index (χ1v) is 2.81. The topological polar surface area (TPSA) is 64.5 Å². The van der Waals surface area contributed by atoms with E-state index in [1.54, 1.807) is 0 Å². The lowest BCUT2D eigenvalue weighted by atomic mass is 10.5. The van der Waals surface area contributed by atoms with Crippen molar-refractivity contribution in [1.82, 2.24) is 4.90 Å². The van der Waals surface area contributed by atoms with E-state index >= 15 is 0 Å². The fourth-order valence-corrected chi connectivity index (χ4v) is 0.675. The number of ether oxygens (including phenoxy) is 1. The minimum absolute atomic E-state index is 0.337. The second kappa shape index (κ2) is 2.05. The molecule has 1 rings (SSSR count). The largest absolute Gasteiger partial charge is 0.475 e. The fourth-order valence-electron chi connectivity index (χ4n) is 0.675. The molecule has 0 bridgehead atoms. The number of hydrogen-bond donors (Lipinski definition) is 2. The van der Waals surface area contributed by atoms with Gasteiger partial charge in [-0.05, 0) is 0 Å². The van der Waals surface area contributed by atoms with Gasteiger partial charge in [0.05, 0.1) is 6.54 Å². The third-order valence-corrected chi connectivity index (χ3v) is 1.35. The summed E-state index contributed by atoms with van der Waals surface area (Å²) >= 11 is 0. The van der Waals surface area contributed by atoms with Crippen LogP contribution in [0.15, 0.2) is 11.7 Å². The molecule has 0 atom stereocenters. The van der Waals surface area contributed by atoms with Crippen molar-refractivity contribution in [1.29, 1.82) is 0 Å². The molecule has 0 aromatic carbocycles. The van der Waals surface area contributed by atoms with Gasteiger partial charge in [0.15, 0.2) is 5.82 Å². The van der Waals surface area contributed by atoms with Gasteiger partial charge in [0.25, 0.3) is 0 Å². The van der Waals surface area contributed by atoms with Crippen molar-refractivity contribution in [2.24, 2.45) is 11.5 Å². The molecule has 0 unspecified atom stereocenters. The van der Waals surface area contributed by atoms with Gasteiger partial charge in [-0.1, -0.05) is 0 Å². The van der Waals surface area contributed by atoms with Crippen LogP contribution < -0.4 is 11.5 Å². The maximum absolute atomic E-state index is 5.48. The highest BCUT2D eigenvalue weighted by Crippen LogP contribution is 2.04. The summed E-state index contributed by atoms with van der Waals surface area (Å²) in [5.74, 6) is 0.866. The van der Waals surface area contributed by atoms with E-state index < -0.39 is 0 Å². The van der Waals surface area contributed by atoms with Crippen LogP contribution in [0.2, 0.25) is 0 Å². The SMILES string of the molecule is CN1CCOC(N)=C1N. The monoisotopic (exact) mass is 129 g/mol. The Kier molecular flexibility index (Phi) is 1.38. The molecule has 4 N–H and O–H groups in total. The average Bonchev–Trinajstić information content (AvgIpc) is 1.83. The highest BCUT2D eigenvalue weighted by molar-refractivity contribution is 5.01. The van der Waals surface area contributed by atoms with Crippen molar-refractivity contribution < 1.29 is 4.74 Å². The van der Waals surface area contributed by atoms with Crippen LogP contribution in [0.5, 0.6) is 0 Å². The molecule has 0 radical (unpaired) electrons. The summed E-state index contributed by atoms with van der Waals surface area (Å²) in [5, 5.41) is 0. The van der Waals surface area contributed by atoms with Crippen molar-refractivity contribution in [2.45, 2.75) is 0 Å². The predicted molar refractivity (Wildman–Crippen MR) is 34.0 cm³/mol. The molecule has 0 aromatic heterocycles. The highest BCUT2D eigenvalue weighted by atomic mass is 16.5. The Hall–Kier alpha value is -1.06. The molecule has 4 nitrogen and oxygen atoms in total. The second-order valence-electron chi connectivity index (χ2n) is 2.02. The predicted octanol–water partition coefficient (Wildman–Crippen LogP) is -1.01. The van der Waals surface area contributed by atoms with Crippen LogP contribution in [0, 0.1) is 0 Å². The van der Waals surface area contributed by atoms with E-state index in [0.717, 1.165) is 6.54 Å². The van der Waals surface area contributed by atoms with Gasteiger partial charge in [-0.2, -0.15) is 0 Å².